The minimum atomic E-state index is -0.133. The lowest BCUT2D eigenvalue weighted by Gasteiger charge is -2.12. The molecule has 3 nitrogen and oxygen atoms in total. The molecular weight excluding hydrogens is 248 g/mol. The van der Waals surface area contributed by atoms with Gasteiger partial charge in [-0.3, -0.25) is 4.79 Å². The highest BCUT2D eigenvalue weighted by Gasteiger charge is 2.22. The fraction of sp³-hybridized carbons (Fsp3) is 0.500. The quantitative estimate of drug-likeness (QED) is 0.826. The Kier molecular flexibility index (Phi) is 4.12. The van der Waals surface area contributed by atoms with Crippen molar-refractivity contribution in [3.8, 4) is 0 Å². The Labute approximate surface area is 113 Å². The number of nitrogens with two attached hydrogens (primary N) is 1. The monoisotopic (exact) mass is 266 g/mol. The van der Waals surface area contributed by atoms with Gasteiger partial charge in [-0.1, -0.05) is 31.0 Å². The zero-order valence-electron chi connectivity index (χ0n) is 10.6. The van der Waals surface area contributed by atoms with Gasteiger partial charge in [0.25, 0.3) is 5.91 Å². The van der Waals surface area contributed by atoms with Gasteiger partial charge in [-0.2, -0.15) is 0 Å². The average Bonchev–Trinajstić information content (AvgIpc) is 2.76. The van der Waals surface area contributed by atoms with Crippen LogP contribution < -0.4 is 11.1 Å². The number of hydrogen-bond acceptors (Lipinski definition) is 2. The van der Waals surface area contributed by atoms with Crippen molar-refractivity contribution in [2.24, 2.45) is 11.8 Å². The van der Waals surface area contributed by atoms with Crippen LogP contribution in [-0.2, 0) is 0 Å². The summed E-state index contributed by atoms with van der Waals surface area (Å²) in [5.74, 6) is 1.25. The number of anilines is 1. The van der Waals surface area contributed by atoms with Crippen molar-refractivity contribution in [1.82, 2.24) is 5.32 Å². The molecule has 98 valence electrons. The number of halogens is 1. The highest BCUT2D eigenvalue weighted by atomic mass is 35.5. The highest BCUT2D eigenvalue weighted by Crippen LogP contribution is 2.30. The van der Waals surface area contributed by atoms with E-state index >= 15 is 0 Å². The van der Waals surface area contributed by atoms with Crippen molar-refractivity contribution in [3.05, 3.63) is 28.8 Å². The van der Waals surface area contributed by atoms with Gasteiger partial charge in [0, 0.05) is 6.54 Å². The van der Waals surface area contributed by atoms with Gasteiger partial charge in [0.15, 0.2) is 0 Å². The van der Waals surface area contributed by atoms with Crippen LogP contribution in [0.25, 0.3) is 0 Å². The molecule has 0 aliphatic heterocycles. The smallest absolute Gasteiger partial charge is 0.252 e. The first-order valence-electron chi connectivity index (χ1n) is 6.40. The third kappa shape index (κ3) is 2.96. The van der Waals surface area contributed by atoms with Crippen LogP contribution in [-0.4, -0.2) is 12.5 Å². The summed E-state index contributed by atoms with van der Waals surface area (Å²) in [4.78, 5) is 12.0. The molecule has 1 fully saturated rings. The Balaban J connectivity index is 1.94. The van der Waals surface area contributed by atoms with E-state index < -0.39 is 0 Å². The van der Waals surface area contributed by atoms with E-state index in [1.807, 2.05) is 0 Å². The maximum Gasteiger partial charge on any atom is 0.252 e. The summed E-state index contributed by atoms with van der Waals surface area (Å²) in [6, 6.07) is 5.14. The van der Waals surface area contributed by atoms with E-state index in [1.165, 1.54) is 19.3 Å². The van der Waals surface area contributed by atoms with E-state index in [2.05, 4.69) is 12.2 Å². The predicted octanol–water partition coefficient (Wildman–Crippen LogP) is 3.09. The lowest BCUT2D eigenvalue weighted by Crippen LogP contribution is -2.28. The van der Waals surface area contributed by atoms with Gasteiger partial charge in [0.2, 0.25) is 0 Å². The Morgan fingerprint density at radius 2 is 2.28 bits per heavy atom. The molecule has 0 radical (unpaired) electrons. The number of carbonyl (C=O) groups is 1. The van der Waals surface area contributed by atoms with E-state index in [9.17, 15) is 4.79 Å². The second kappa shape index (κ2) is 5.61. The van der Waals surface area contributed by atoms with Gasteiger partial charge in [-0.05, 0) is 36.8 Å². The number of benzene rings is 1. The minimum Gasteiger partial charge on any atom is -0.398 e. The molecule has 0 spiro atoms. The van der Waals surface area contributed by atoms with Crippen molar-refractivity contribution < 1.29 is 4.79 Å². The molecule has 3 N–H and O–H groups in total. The van der Waals surface area contributed by atoms with E-state index in [4.69, 9.17) is 17.3 Å². The van der Waals surface area contributed by atoms with Crippen molar-refractivity contribution in [1.29, 1.82) is 0 Å². The van der Waals surface area contributed by atoms with Crippen LogP contribution in [0.4, 0.5) is 5.69 Å². The predicted molar refractivity (Wildman–Crippen MR) is 74.7 cm³/mol. The summed E-state index contributed by atoms with van der Waals surface area (Å²) >= 11 is 6.02. The molecule has 1 aliphatic carbocycles. The molecule has 0 bridgehead atoms. The first-order chi connectivity index (χ1) is 8.58. The SMILES string of the molecule is CC1CCC(CNC(=O)c2cccc(N)c2Cl)C1. The number of hydrogen-bond donors (Lipinski definition) is 2. The van der Waals surface area contributed by atoms with Crippen molar-refractivity contribution in [3.63, 3.8) is 0 Å². The van der Waals surface area contributed by atoms with Crippen molar-refractivity contribution in [2.75, 3.05) is 12.3 Å². The number of nitrogens with one attached hydrogen (secondary N) is 1. The number of carbonyl (C=O) groups excluding carboxylic acids is 1. The maximum absolute atomic E-state index is 12.0. The fourth-order valence-corrected chi connectivity index (χ4v) is 2.78. The van der Waals surface area contributed by atoms with Gasteiger partial charge < -0.3 is 11.1 Å². The summed E-state index contributed by atoms with van der Waals surface area (Å²) in [6.07, 6.45) is 3.66. The molecule has 0 heterocycles. The summed E-state index contributed by atoms with van der Waals surface area (Å²) < 4.78 is 0. The first kappa shape index (κ1) is 13.2. The zero-order chi connectivity index (χ0) is 13.1. The molecule has 1 aromatic carbocycles. The van der Waals surface area contributed by atoms with Crippen LogP contribution in [0.5, 0.6) is 0 Å². The van der Waals surface area contributed by atoms with Crippen LogP contribution >= 0.6 is 11.6 Å². The Hall–Kier alpha value is -1.22. The third-order valence-corrected chi connectivity index (χ3v) is 4.05. The molecule has 4 heteroatoms. The summed E-state index contributed by atoms with van der Waals surface area (Å²) in [6.45, 7) is 2.99. The number of nitrogen functional groups attached to an aromatic ring is 1. The van der Waals surface area contributed by atoms with Crippen LogP contribution in [0.3, 0.4) is 0 Å². The third-order valence-electron chi connectivity index (χ3n) is 3.63. The lowest BCUT2D eigenvalue weighted by atomic mass is 10.1. The van der Waals surface area contributed by atoms with Gasteiger partial charge in [0.1, 0.15) is 0 Å². The molecule has 1 amide bonds. The van der Waals surface area contributed by atoms with Gasteiger partial charge in [-0.15, -0.1) is 0 Å². The first-order valence-corrected chi connectivity index (χ1v) is 6.78. The van der Waals surface area contributed by atoms with Crippen LogP contribution in [0, 0.1) is 11.8 Å². The number of rotatable bonds is 3. The van der Waals surface area contributed by atoms with Gasteiger partial charge >= 0.3 is 0 Å². The molecule has 0 aromatic heterocycles. The normalized spacial score (nSPS) is 23.0. The van der Waals surface area contributed by atoms with E-state index in [0.29, 0.717) is 22.2 Å². The Morgan fingerprint density at radius 3 is 2.94 bits per heavy atom. The summed E-state index contributed by atoms with van der Waals surface area (Å²) in [5.41, 5.74) is 6.59. The van der Waals surface area contributed by atoms with Crippen LogP contribution in [0.1, 0.15) is 36.5 Å². The standard InChI is InChI=1S/C14H19ClN2O/c1-9-5-6-10(7-9)8-17-14(18)11-3-2-4-12(16)13(11)15/h2-4,9-10H,5-8,16H2,1H3,(H,17,18). The van der Waals surface area contributed by atoms with E-state index in [1.54, 1.807) is 18.2 Å². The van der Waals surface area contributed by atoms with Crippen LogP contribution in [0.2, 0.25) is 5.02 Å². The van der Waals surface area contributed by atoms with E-state index in [-0.39, 0.29) is 5.91 Å². The number of amides is 1. The molecule has 1 saturated carbocycles. The van der Waals surface area contributed by atoms with Gasteiger partial charge in [-0.25, -0.2) is 0 Å². The summed E-state index contributed by atoms with van der Waals surface area (Å²) in [7, 11) is 0. The van der Waals surface area contributed by atoms with Crippen molar-refractivity contribution in [2.45, 2.75) is 26.2 Å². The van der Waals surface area contributed by atoms with E-state index in [0.717, 1.165) is 12.5 Å². The highest BCUT2D eigenvalue weighted by molar-refractivity contribution is 6.36. The topological polar surface area (TPSA) is 55.1 Å². The molecule has 2 atom stereocenters. The largest absolute Gasteiger partial charge is 0.398 e. The molecule has 2 rings (SSSR count). The molecular formula is C14H19ClN2O. The second-order valence-corrected chi connectivity index (χ2v) is 5.58. The zero-order valence-corrected chi connectivity index (χ0v) is 11.3. The van der Waals surface area contributed by atoms with Crippen molar-refractivity contribution >= 4 is 23.2 Å². The molecule has 18 heavy (non-hydrogen) atoms. The molecule has 1 aromatic rings. The van der Waals surface area contributed by atoms with Gasteiger partial charge in [0.05, 0.1) is 16.3 Å². The molecule has 2 unspecified atom stereocenters. The fourth-order valence-electron chi connectivity index (χ4n) is 2.57. The molecule has 1 aliphatic rings. The minimum absolute atomic E-state index is 0.133. The Bertz CT molecular complexity index is 447. The maximum atomic E-state index is 12.0. The Morgan fingerprint density at radius 1 is 1.50 bits per heavy atom. The second-order valence-electron chi connectivity index (χ2n) is 5.20. The average molecular weight is 267 g/mol. The summed E-state index contributed by atoms with van der Waals surface area (Å²) in [5, 5.41) is 3.29. The molecule has 0 saturated heterocycles. The lowest BCUT2D eigenvalue weighted by molar-refractivity contribution is 0.0947. The van der Waals surface area contributed by atoms with Crippen LogP contribution in [0.15, 0.2) is 18.2 Å².